The Balaban J connectivity index is 1.26. The van der Waals surface area contributed by atoms with Gasteiger partial charge in [0.1, 0.15) is 0 Å². The van der Waals surface area contributed by atoms with Gasteiger partial charge in [-0.25, -0.2) is 0 Å². The van der Waals surface area contributed by atoms with Gasteiger partial charge in [-0.1, -0.05) is 58.8 Å². The van der Waals surface area contributed by atoms with Crippen molar-refractivity contribution in [3.8, 4) is 11.8 Å². The van der Waals surface area contributed by atoms with Gasteiger partial charge in [0.15, 0.2) is 0 Å². The lowest BCUT2D eigenvalue weighted by Gasteiger charge is -2.38. The molecule has 0 atom stereocenters. The lowest BCUT2D eigenvalue weighted by atomic mass is 9.68. The molecular formula is C30H35Br. The highest BCUT2D eigenvalue weighted by molar-refractivity contribution is 9.10. The molecule has 0 bridgehead atoms. The van der Waals surface area contributed by atoms with Crippen LogP contribution in [0.3, 0.4) is 0 Å². The van der Waals surface area contributed by atoms with Crippen LogP contribution in [0.1, 0.15) is 86.8 Å². The normalized spacial score (nSPS) is 26.0. The fourth-order valence-electron chi connectivity index (χ4n) is 5.74. The van der Waals surface area contributed by atoms with E-state index in [1.54, 1.807) is 0 Å². The Labute approximate surface area is 197 Å². The van der Waals surface area contributed by atoms with E-state index in [1.807, 2.05) is 12.1 Å². The molecule has 0 nitrogen and oxygen atoms in total. The van der Waals surface area contributed by atoms with Crippen LogP contribution in [0.2, 0.25) is 0 Å². The highest BCUT2D eigenvalue weighted by atomic mass is 79.9. The smallest absolute Gasteiger partial charge is 0.0249 e. The van der Waals surface area contributed by atoms with Crippen molar-refractivity contribution >= 4 is 15.9 Å². The molecule has 0 heterocycles. The van der Waals surface area contributed by atoms with E-state index in [-0.39, 0.29) is 0 Å². The van der Waals surface area contributed by atoms with Gasteiger partial charge >= 0.3 is 0 Å². The molecule has 0 radical (unpaired) electrons. The van der Waals surface area contributed by atoms with E-state index < -0.39 is 0 Å². The summed E-state index contributed by atoms with van der Waals surface area (Å²) in [6, 6.07) is 17.2. The van der Waals surface area contributed by atoms with Crippen molar-refractivity contribution in [3.05, 3.63) is 82.3 Å². The van der Waals surface area contributed by atoms with Gasteiger partial charge in [-0.15, -0.1) is 6.58 Å². The number of halogens is 1. The summed E-state index contributed by atoms with van der Waals surface area (Å²) < 4.78 is 1.09. The highest BCUT2D eigenvalue weighted by Crippen LogP contribution is 2.44. The Kier molecular flexibility index (Phi) is 8.09. The first kappa shape index (κ1) is 22.4. The summed E-state index contributed by atoms with van der Waals surface area (Å²) in [6.07, 6.45) is 16.1. The molecule has 2 aromatic rings. The lowest BCUT2D eigenvalue weighted by Crippen LogP contribution is -2.25. The molecule has 162 valence electrons. The van der Waals surface area contributed by atoms with Crippen LogP contribution < -0.4 is 0 Å². The molecule has 0 aromatic heterocycles. The molecule has 0 aliphatic heterocycles. The zero-order valence-corrected chi connectivity index (χ0v) is 20.2. The van der Waals surface area contributed by atoms with Crippen LogP contribution in [0.25, 0.3) is 0 Å². The zero-order chi connectivity index (χ0) is 21.5. The van der Waals surface area contributed by atoms with E-state index in [0.29, 0.717) is 0 Å². The Bertz CT molecular complexity index is 880. The maximum Gasteiger partial charge on any atom is 0.0249 e. The molecule has 2 aromatic carbocycles. The van der Waals surface area contributed by atoms with Crippen LogP contribution in [0.15, 0.2) is 65.7 Å². The van der Waals surface area contributed by atoms with Crippen molar-refractivity contribution in [3.63, 3.8) is 0 Å². The van der Waals surface area contributed by atoms with Crippen molar-refractivity contribution < 1.29 is 0 Å². The molecular weight excluding hydrogens is 440 g/mol. The van der Waals surface area contributed by atoms with Crippen molar-refractivity contribution in [2.75, 3.05) is 0 Å². The third-order valence-corrected chi connectivity index (χ3v) is 8.22. The Morgan fingerprint density at radius 1 is 0.742 bits per heavy atom. The topological polar surface area (TPSA) is 0 Å². The van der Waals surface area contributed by atoms with E-state index in [4.69, 9.17) is 0 Å². The third-order valence-electron chi connectivity index (χ3n) is 7.69. The first-order valence-corrected chi connectivity index (χ1v) is 13.0. The van der Waals surface area contributed by atoms with E-state index in [1.165, 1.54) is 69.8 Å². The standard InChI is InChI=1S/C30H35Br/c1-2-3-4-23-7-13-26(14-8-23)28-17-19-29(20-18-28)27-15-9-24(10-16-27)5-6-25-11-21-30(31)22-12-25/h2,9-12,15-16,21-23,26,28-29H,1,3-4,7-8,13-14,17-20H2. The zero-order valence-electron chi connectivity index (χ0n) is 18.7. The summed E-state index contributed by atoms with van der Waals surface area (Å²) in [5, 5.41) is 0. The minimum atomic E-state index is 0.744. The molecule has 0 spiro atoms. The lowest BCUT2D eigenvalue weighted by molar-refractivity contribution is 0.157. The predicted molar refractivity (Wildman–Crippen MR) is 136 cm³/mol. The van der Waals surface area contributed by atoms with Gasteiger partial charge < -0.3 is 0 Å². The molecule has 1 heteroatoms. The number of hydrogen-bond donors (Lipinski definition) is 0. The second-order valence-electron chi connectivity index (χ2n) is 9.64. The van der Waals surface area contributed by atoms with Gasteiger partial charge in [0.2, 0.25) is 0 Å². The van der Waals surface area contributed by atoms with Gasteiger partial charge in [0, 0.05) is 15.6 Å². The summed E-state index contributed by atoms with van der Waals surface area (Å²) in [5.74, 6) is 10.3. The maximum absolute atomic E-state index is 3.89. The minimum absolute atomic E-state index is 0.744. The Morgan fingerprint density at radius 2 is 1.26 bits per heavy atom. The van der Waals surface area contributed by atoms with E-state index in [9.17, 15) is 0 Å². The molecule has 2 aliphatic carbocycles. The van der Waals surface area contributed by atoms with Gasteiger partial charge in [-0.05, 0) is 117 Å². The molecule has 31 heavy (non-hydrogen) atoms. The van der Waals surface area contributed by atoms with Crippen molar-refractivity contribution in [1.82, 2.24) is 0 Å². The molecule has 0 amide bonds. The minimum Gasteiger partial charge on any atom is -0.103 e. The van der Waals surface area contributed by atoms with Crippen molar-refractivity contribution in [1.29, 1.82) is 0 Å². The quantitative estimate of drug-likeness (QED) is 0.299. The summed E-state index contributed by atoms with van der Waals surface area (Å²) in [6.45, 7) is 3.89. The summed E-state index contributed by atoms with van der Waals surface area (Å²) in [5.41, 5.74) is 3.68. The average molecular weight is 476 g/mol. The number of rotatable bonds is 5. The first-order valence-electron chi connectivity index (χ1n) is 12.2. The number of allylic oxidation sites excluding steroid dienone is 1. The summed E-state index contributed by atoms with van der Waals surface area (Å²) in [7, 11) is 0. The third kappa shape index (κ3) is 6.36. The molecule has 2 aliphatic rings. The van der Waals surface area contributed by atoms with Gasteiger partial charge in [-0.3, -0.25) is 0 Å². The van der Waals surface area contributed by atoms with Crippen molar-refractivity contribution in [2.45, 2.75) is 70.1 Å². The highest BCUT2D eigenvalue weighted by Gasteiger charge is 2.31. The molecule has 2 saturated carbocycles. The van der Waals surface area contributed by atoms with Crippen LogP contribution in [0.5, 0.6) is 0 Å². The van der Waals surface area contributed by atoms with Crippen LogP contribution >= 0.6 is 15.9 Å². The SMILES string of the molecule is C=CCCC1CCC(C2CCC(c3ccc(C#Cc4ccc(Br)cc4)cc3)CC2)CC1. The molecule has 4 rings (SSSR count). The van der Waals surface area contributed by atoms with Gasteiger partial charge in [0.05, 0.1) is 0 Å². The van der Waals surface area contributed by atoms with Crippen LogP contribution in [0, 0.1) is 29.6 Å². The molecule has 0 N–H and O–H groups in total. The molecule has 0 unspecified atom stereocenters. The van der Waals surface area contributed by atoms with E-state index >= 15 is 0 Å². The van der Waals surface area contributed by atoms with Crippen LogP contribution in [-0.2, 0) is 0 Å². The first-order chi connectivity index (χ1) is 15.2. The number of hydrogen-bond acceptors (Lipinski definition) is 0. The monoisotopic (exact) mass is 474 g/mol. The maximum atomic E-state index is 3.89. The predicted octanol–water partition coefficient (Wildman–Crippen LogP) is 8.90. The summed E-state index contributed by atoms with van der Waals surface area (Å²) >= 11 is 3.47. The second kappa shape index (κ2) is 11.2. The second-order valence-corrected chi connectivity index (χ2v) is 10.6. The molecule has 2 fully saturated rings. The van der Waals surface area contributed by atoms with Crippen molar-refractivity contribution in [2.24, 2.45) is 17.8 Å². The van der Waals surface area contributed by atoms with Gasteiger partial charge in [-0.2, -0.15) is 0 Å². The largest absolute Gasteiger partial charge is 0.103 e. The fraction of sp³-hybridized carbons (Fsp3) is 0.467. The molecule has 0 saturated heterocycles. The van der Waals surface area contributed by atoms with E-state index in [2.05, 4.69) is 76.8 Å². The average Bonchev–Trinajstić information content (AvgIpc) is 2.83. The van der Waals surface area contributed by atoms with Gasteiger partial charge in [0.25, 0.3) is 0 Å². The number of benzene rings is 2. The van der Waals surface area contributed by atoms with E-state index in [0.717, 1.165) is 39.3 Å². The van der Waals surface area contributed by atoms with Crippen LogP contribution in [0.4, 0.5) is 0 Å². The fourth-order valence-corrected chi connectivity index (χ4v) is 6.01. The Hall–Kier alpha value is -1.78. The Morgan fingerprint density at radius 3 is 1.81 bits per heavy atom. The summed E-state index contributed by atoms with van der Waals surface area (Å²) in [4.78, 5) is 0. The van der Waals surface area contributed by atoms with Crippen LogP contribution in [-0.4, -0.2) is 0 Å².